The first-order valence-corrected chi connectivity index (χ1v) is 5.18. The summed E-state index contributed by atoms with van der Waals surface area (Å²) in [7, 11) is 0. The van der Waals surface area contributed by atoms with E-state index in [1.54, 1.807) is 0 Å². The molecule has 7 nitrogen and oxygen atoms in total. The van der Waals surface area contributed by atoms with Crippen LogP contribution in [0.4, 0.5) is 0 Å². The van der Waals surface area contributed by atoms with Gasteiger partial charge in [-0.25, -0.2) is 14.8 Å². The van der Waals surface area contributed by atoms with E-state index in [4.69, 9.17) is 9.52 Å². The van der Waals surface area contributed by atoms with Crippen LogP contribution < -0.4 is 5.32 Å². The number of fused-ring (bicyclic) bond motifs is 1. The highest BCUT2D eigenvalue weighted by molar-refractivity contribution is 5.87. The molecule has 1 unspecified atom stereocenters. The van der Waals surface area contributed by atoms with E-state index in [9.17, 15) is 4.79 Å². The lowest BCUT2D eigenvalue weighted by atomic mass is 10.1. The van der Waals surface area contributed by atoms with Crippen molar-refractivity contribution >= 4 is 5.97 Å². The molecule has 1 aliphatic rings. The molecular formula is C10H10N4O3. The largest absolute Gasteiger partial charge is 0.476 e. The van der Waals surface area contributed by atoms with E-state index >= 15 is 0 Å². The molecule has 7 heteroatoms. The van der Waals surface area contributed by atoms with Gasteiger partial charge < -0.3 is 14.1 Å². The number of carbonyl (C=O) groups is 1. The van der Waals surface area contributed by atoms with Gasteiger partial charge >= 0.3 is 5.97 Å². The highest BCUT2D eigenvalue weighted by Gasteiger charge is 2.31. The van der Waals surface area contributed by atoms with Crippen molar-refractivity contribution in [1.29, 1.82) is 0 Å². The number of oxazole rings is 1. The van der Waals surface area contributed by atoms with Crippen LogP contribution in [0.5, 0.6) is 0 Å². The minimum Gasteiger partial charge on any atom is -0.476 e. The molecular weight excluding hydrogens is 224 g/mol. The monoisotopic (exact) mass is 234 g/mol. The summed E-state index contributed by atoms with van der Waals surface area (Å²) < 4.78 is 7.04. The Morgan fingerprint density at radius 2 is 2.47 bits per heavy atom. The van der Waals surface area contributed by atoms with Gasteiger partial charge in [-0.3, -0.25) is 5.32 Å². The summed E-state index contributed by atoms with van der Waals surface area (Å²) in [5.41, 5.74) is 0.631. The van der Waals surface area contributed by atoms with Crippen LogP contribution in [0.3, 0.4) is 0 Å². The number of aromatic carboxylic acids is 1. The third-order valence-corrected chi connectivity index (χ3v) is 2.75. The van der Waals surface area contributed by atoms with Gasteiger partial charge in [0.25, 0.3) is 0 Å². The summed E-state index contributed by atoms with van der Waals surface area (Å²) in [6.45, 7) is 1.41. The molecule has 0 aliphatic carbocycles. The van der Waals surface area contributed by atoms with E-state index in [2.05, 4.69) is 15.3 Å². The maximum atomic E-state index is 11.1. The van der Waals surface area contributed by atoms with Gasteiger partial charge in [0.15, 0.2) is 5.69 Å². The summed E-state index contributed by atoms with van der Waals surface area (Å²) >= 11 is 0. The molecule has 3 heterocycles. The lowest BCUT2D eigenvalue weighted by Gasteiger charge is -2.23. The lowest BCUT2D eigenvalue weighted by molar-refractivity contribution is 0.0688. The lowest BCUT2D eigenvalue weighted by Crippen LogP contribution is -2.34. The molecule has 3 rings (SSSR count). The number of aromatic nitrogens is 3. The Morgan fingerprint density at radius 3 is 3.18 bits per heavy atom. The summed E-state index contributed by atoms with van der Waals surface area (Å²) in [6, 6.07) is -0.354. The Kier molecular flexibility index (Phi) is 2.19. The molecule has 0 amide bonds. The van der Waals surface area contributed by atoms with E-state index in [0.29, 0.717) is 18.1 Å². The zero-order valence-electron chi connectivity index (χ0n) is 8.83. The molecule has 0 saturated carbocycles. The van der Waals surface area contributed by atoms with E-state index in [1.165, 1.54) is 18.8 Å². The van der Waals surface area contributed by atoms with Gasteiger partial charge in [-0.15, -0.1) is 0 Å². The van der Waals surface area contributed by atoms with Crippen LogP contribution >= 0.6 is 0 Å². The van der Waals surface area contributed by atoms with Crippen LogP contribution in [0.2, 0.25) is 0 Å². The van der Waals surface area contributed by atoms with Gasteiger partial charge in [0.1, 0.15) is 12.3 Å². The van der Waals surface area contributed by atoms with Crippen LogP contribution in [0, 0.1) is 0 Å². The molecule has 1 aliphatic heterocycles. The van der Waals surface area contributed by atoms with E-state index in [0.717, 1.165) is 6.54 Å². The molecule has 0 aromatic carbocycles. The molecule has 2 aromatic heterocycles. The van der Waals surface area contributed by atoms with E-state index in [-0.39, 0.29) is 11.7 Å². The number of carboxylic acids is 1. The molecule has 0 fully saturated rings. The Labute approximate surface area is 96.1 Å². The molecule has 0 spiro atoms. The fraction of sp³-hybridized carbons (Fsp3) is 0.300. The number of hydrogen-bond acceptors (Lipinski definition) is 5. The van der Waals surface area contributed by atoms with Crippen molar-refractivity contribution in [3.8, 4) is 0 Å². The number of nitrogens with zero attached hydrogens (tertiary/aromatic N) is 3. The maximum Gasteiger partial charge on any atom is 0.356 e. The van der Waals surface area contributed by atoms with Crippen molar-refractivity contribution in [3.05, 3.63) is 36.1 Å². The molecule has 17 heavy (non-hydrogen) atoms. The molecule has 1 atom stereocenters. The molecule has 0 bridgehead atoms. The van der Waals surface area contributed by atoms with Crippen LogP contribution in [0.1, 0.15) is 28.1 Å². The van der Waals surface area contributed by atoms with Crippen molar-refractivity contribution in [1.82, 2.24) is 19.9 Å². The predicted molar refractivity (Wildman–Crippen MR) is 55.5 cm³/mol. The summed E-state index contributed by atoms with van der Waals surface area (Å²) in [4.78, 5) is 19.1. The van der Waals surface area contributed by atoms with Gasteiger partial charge in [0, 0.05) is 13.1 Å². The number of carboxylic acid groups (broad SMARTS) is 1. The second kappa shape index (κ2) is 3.70. The third-order valence-electron chi connectivity index (χ3n) is 2.75. The second-order valence-electron chi connectivity index (χ2n) is 3.73. The Morgan fingerprint density at radius 1 is 1.59 bits per heavy atom. The molecule has 88 valence electrons. The van der Waals surface area contributed by atoms with Crippen molar-refractivity contribution in [2.45, 2.75) is 12.6 Å². The van der Waals surface area contributed by atoms with Crippen LogP contribution in [0.15, 0.2) is 23.2 Å². The van der Waals surface area contributed by atoms with Gasteiger partial charge in [-0.1, -0.05) is 0 Å². The van der Waals surface area contributed by atoms with E-state index < -0.39 is 5.97 Å². The standard InChI is InChI=1S/C10H10N4O3/c15-10(16)7-8-6(9-12-2-4-17-9)11-1-3-14(8)5-13-7/h2,4-6,11H,1,3H2,(H,15,16). The Bertz CT molecular complexity index is 546. The highest BCUT2D eigenvalue weighted by Crippen LogP contribution is 2.26. The zero-order chi connectivity index (χ0) is 11.8. The van der Waals surface area contributed by atoms with Gasteiger partial charge in [0.2, 0.25) is 5.89 Å². The number of hydrogen-bond donors (Lipinski definition) is 2. The first-order chi connectivity index (χ1) is 8.27. The predicted octanol–water partition coefficient (Wildman–Crippen LogP) is 0.262. The maximum absolute atomic E-state index is 11.1. The first kappa shape index (κ1) is 10.0. The van der Waals surface area contributed by atoms with Crippen molar-refractivity contribution in [2.24, 2.45) is 0 Å². The fourth-order valence-electron chi connectivity index (χ4n) is 2.04. The second-order valence-corrected chi connectivity index (χ2v) is 3.73. The molecule has 2 aromatic rings. The molecule has 2 N–H and O–H groups in total. The fourth-order valence-corrected chi connectivity index (χ4v) is 2.04. The van der Waals surface area contributed by atoms with Gasteiger partial charge in [-0.05, 0) is 0 Å². The minimum atomic E-state index is -1.04. The minimum absolute atomic E-state index is 0.0420. The van der Waals surface area contributed by atoms with Gasteiger partial charge in [0.05, 0.1) is 18.2 Å². The van der Waals surface area contributed by atoms with Crippen molar-refractivity contribution < 1.29 is 14.3 Å². The van der Waals surface area contributed by atoms with Crippen LogP contribution in [-0.4, -0.2) is 32.2 Å². The number of rotatable bonds is 2. The van der Waals surface area contributed by atoms with Crippen molar-refractivity contribution in [3.63, 3.8) is 0 Å². The highest BCUT2D eigenvalue weighted by atomic mass is 16.4. The molecule has 0 saturated heterocycles. The first-order valence-electron chi connectivity index (χ1n) is 5.18. The summed E-state index contributed by atoms with van der Waals surface area (Å²) in [5, 5.41) is 12.3. The zero-order valence-corrected chi connectivity index (χ0v) is 8.83. The normalized spacial score (nSPS) is 18.9. The number of nitrogens with one attached hydrogen (secondary N) is 1. The summed E-state index contributed by atoms with van der Waals surface area (Å²) in [5.74, 6) is -0.590. The van der Waals surface area contributed by atoms with Gasteiger partial charge in [-0.2, -0.15) is 0 Å². The average Bonchev–Trinajstić information content (AvgIpc) is 2.97. The number of imidazole rings is 1. The molecule has 0 radical (unpaired) electrons. The van der Waals surface area contributed by atoms with Crippen molar-refractivity contribution in [2.75, 3.05) is 6.54 Å². The third kappa shape index (κ3) is 1.51. The van der Waals surface area contributed by atoms with E-state index in [1.807, 2.05) is 4.57 Å². The quantitative estimate of drug-likeness (QED) is 0.774. The Hall–Kier alpha value is -2.15. The topological polar surface area (TPSA) is 93.2 Å². The Balaban J connectivity index is 2.12. The van der Waals surface area contributed by atoms with Crippen LogP contribution in [-0.2, 0) is 6.54 Å². The average molecular weight is 234 g/mol. The van der Waals surface area contributed by atoms with Crippen LogP contribution in [0.25, 0.3) is 0 Å². The smallest absolute Gasteiger partial charge is 0.356 e. The summed E-state index contributed by atoms with van der Waals surface area (Å²) in [6.07, 6.45) is 4.54. The SMILES string of the molecule is O=C(O)c1ncn2c1C(c1ncco1)NCC2.